The third-order valence-electron chi connectivity index (χ3n) is 5.45. The largest absolute Gasteiger partial charge is 0.352 e. The predicted molar refractivity (Wildman–Crippen MR) is 108 cm³/mol. The van der Waals surface area contributed by atoms with Crippen LogP contribution in [-0.2, 0) is 4.79 Å². The summed E-state index contributed by atoms with van der Waals surface area (Å²) in [6, 6.07) is 1.86. The molecule has 3 rings (SSSR count). The fraction of sp³-hybridized carbons (Fsp3) is 0.684. The van der Waals surface area contributed by atoms with E-state index in [1.54, 1.807) is 16.3 Å². The molecule has 28 heavy (non-hydrogen) atoms. The second kappa shape index (κ2) is 10.0. The van der Waals surface area contributed by atoms with Crippen molar-refractivity contribution in [2.75, 3.05) is 32.7 Å². The van der Waals surface area contributed by atoms with Crippen molar-refractivity contribution in [3.8, 4) is 0 Å². The molecule has 0 spiro atoms. The molecule has 1 N–H and O–H groups in total. The van der Waals surface area contributed by atoms with E-state index in [9.17, 15) is 18.4 Å². The molecular formula is C19H27F2N3O2S2. The molecule has 2 aliphatic rings. The quantitative estimate of drug-likeness (QED) is 0.701. The van der Waals surface area contributed by atoms with Crippen LogP contribution in [0.5, 0.6) is 0 Å². The monoisotopic (exact) mass is 431 g/mol. The number of carbonyl (C=O) groups is 2. The molecule has 0 unspecified atom stereocenters. The van der Waals surface area contributed by atoms with Gasteiger partial charge >= 0.3 is 0 Å². The molecule has 2 fully saturated rings. The van der Waals surface area contributed by atoms with Gasteiger partial charge in [0.15, 0.2) is 0 Å². The second-order valence-corrected chi connectivity index (χ2v) is 9.53. The van der Waals surface area contributed by atoms with E-state index in [4.69, 9.17) is 0 Å². The third kappa shape index (κ3) is 5.90. The summed E-state index contributed by atoms with van der Waals surface area (Å²) in [6.45, 7) is 4.84. The van der Waals surface area contributed by atoms with Crippen LogP contribution in [0.1, 0.15) is 42.3 Å². The predicted octanol–water partition coefficient (Wildman–Crippen LogP) is 3.52. The molecule has 156 valence electrons. The Morgan fingerprint density at radius 1 is 1.21 bits per heavy atom. The van der Waals surface area contributed by atoms with Crippen LogP contribution in [0.4, 0.5) is 8.78 Å². The first-order valence-electron chi connectivity index (χ1n) is 9.75. The van der Waals surface area contributed by atoms with Crippen molar-refractivity contribution in [2.45, 2.75) is 49.3 Å². The number of nitrogens with one attached hydrogen (secondary N) is 1. The van der Waals surface area contributed by atoms with E-state index in [2.05, 4.69) is 12.2 Å². The van der Waals surface area contributed by atoms with Crippen LogP contribution >= 0.6 is 23.1 Å². The van der Waals surface area contributed by atoms with Crippen molar-refractivity contribution in [1.82, 2.24) is 15.1 Å². The van der Waals surface area contributed by atoms with Crippen LogP contribution in [0.15, 0.2) is 16.3 Å². The fourth-order valence-corrected chi connectivity index (χ4v) is 5.44. The molecule has 0 aromatic carbocycles. The molecule has 9 heteroatoms. The lowest BCUT2D eigenvalue weighted by Gasteiger charge is -2.35. The van der Waals surface area contributed by atoms with Gasteiger partial charge in [-0.1, -0.05) is 18.7 Å². The van der Waals surface area contributed by atoms with Crippen LogP contribution in [0, 0.1) is 5.92 Å². The van der Waals surface area contributed by atoms with Crippen LogP contribution < -0.4 is 5.32 Å². The summed E-state index contributed by atoms with van der Waals surface area (Å²) < 4.78 is 25.3. The molecule has 1 aliphatic carbocycles. The Kier molecular flexibility index (Phi) is 7.70. The molecule has 2 heterocycles. The van der Waals surface area contributed by atoms with Crippen molar-refractivity contribution >= 4 is 34.9 Å². The Morgan fingerprint density at radius 2 is 1.89 bits per heavy atom. The topological polar surface area (TPSA) is 52.7 Å². The van der Waals surface area contributed by atoms with Crippen molar-refractivity contribution in [1.29, 1.82) is 0 Å². The summed E-state index contributed by atoms with van der Waals surface area (Å²) in [5, 5.41) is 4.81. The Labute approximate surface area is 172 Å². The summed E-state index contributed by atoms with van der Waals surface area (Å²) in [4.78, 5) is 29.4. The number of thiophene rings is 1. The number of rotatable bonds is 6. The minimum absolute atomic E-state index is 0.0493. The molecule has 2 amide bonds. The molecule has 0 atom stereocenters. The lowest BCUT2D eigenvalue weighted by molar-refractivity contribution is -0.123. The number of alkyl halides is 2. The minimum atomic E-state index is -2.54. The van der Waals surface area contributed by atoms with Gasteiger partial charge < -0.3 is 10.2 Å². The first-order valence-corrected chi connectivity index (χ1v) is 11.5. The average Bonchev–Trinajstić information content (AvgIpc) is 3.11. The van der Waals surface area contributed by atoms with Gasteiger partial charge in [0.05, 0.1) is 6.54 Å². The highest BCUT2D eigenvalue weighted by Crippen LogP contribution is 2.33. The summed E-state index contributed by atoms with van der Waals surface area (Å²) in [5.41, 5.74) is 0. The summed E-state index contributed by atoms with van der Waals surface area (Å²) in [6.07, 6.45) is 4.44. The molecule has 1 saturated heterocycles. The number of hydrogen-bond donors (Lipinski definition) is 1. The van der Waals surface area contributed by atoms with Crippen molar-refractivity contribution in [2.24, 2.45) is 5.92 Å². The number of carbonyl (C=O) groups excluding carboxylic acids is 2. The molecule has 1 aromatic heterocycles. The number of nitrogens with zero attached hydrogens (tertiary/aromatic N) is 2. The number of piperazine rings is 1. The van der Waals surface area contributed by atoms with Gasteiger partial charge in [0.25, 0.3) is 11.7 Å². The van der Waals surface area contributed by atoms with Gasteiger partial charge in [0, 0.05) is 37.1 Å². The summed E-state index contributed by atoms with van der Waals surface area (Å²) in [7, 11) is 0. The Balaban J connectivity index is 1.43. The first-order chi connectivity index (χ1) is 13.4. The maximum atomic E-state index is 12.7. The number of hydrogen-bond acceptors (Lipinski definition) is 5. The summed E-state index contributed by atoms with van der Waals surface area (Å²) in [5.74, 6) is -1.93. The lowest BCUT2D eigenvalue weighted by Crippen LogP contribution is -2.52. The summed E-state index contributed by atoms with van der Waals surface area (Å²) >= 11 is 1.62. The molecule has 0 radical (unpaired) electrons. The van der Waals surface area contributed by atoms with Gasteiger partial charge in [-0.15, -0.1) is 11.3 Å². The van der Waals surface area contributed by atoms with Crippen LogP contribution in [0.2, 0.25) is 0 Å². The van der Waals surface area contributed by atoms with E-state index in [1.165, 1.54) is 24.2 Å². The van der Waals surface area contributed by atoms with Gasteiger partial charge in [0.2, 0.25) is 5.91 Å². The molecule has 1 aliphatic heterocycles. The van der Waals surface area contributed by atoms with Crippen LogP contribution in [0.3, 0.4) is 0 Å². The van der Waals surface area contributed by atoms with E-state index in [0.29, 0.717) is 54.3 Å². The standard InChI is InChI=1S/C19H27F2N3O2S2/c1-13-2-4-14(5-3-13)22-16(25)12-23-7-9-24(10-8-23)18(26)17-15(6-11-27-17)28-19(20)21/h6,11,13-14,19H,2-5,7-10,12H2,1H3,(H,22,25). The SMILES string of the molecule is CC1CCC(NC(=O)CN2CCN(C(=O)c3sccc3SC(F)F)CC2)CC1. The smallest absolute Gasteiger partial charge is 0.288 e. The minimum Gasteiger partial charge on any atom is -0.352 e. The van der Waals surface area contributed by atoms with E-state index in [-0.39, 0.29) is 17.9 Å². The first kappa shape index (κ1) is 21.5. The van der Waals surface area contributed by atoms with Gasteiger partial charge in [-0.2, -0.15) is 8.78 Å². The number of halogens is 2. The number of thioether (sulfide) groups is 1. The van der Waals surface area contributed by atoms with E-state index in [1.807, 2.05) is 4.90 Å². The normalized spacial score (nSPS) is 23.8. The van der Waals surface area contributed by atoms with E-state index in [0.717, 1.165) is 18.8 Å². The van der Waals surface area contributed by atoms with Gasteiger partial charge in [-0.25, -0.2) is 0 Å². The zero-order chi connectivity index (χ0) is 20.1. The molecular weight excluding hydrogens is 404 g/mol. The van der Waals surface area contributed by atoms with E-state index >= 15 is 0 Å². The van der Waals surface area contributed by atoms with Crippen molar-refractivity contribution in [3.05, 3.63) is 16.3 Å². The molecule has 1 aromatic rings. The van der Waals surface area contributed by atoms with Crippen molar-refractivity contribution < 1.29 is 18.4 Å². The van der Waals surface area contributed by atoms with Gasteiger partial charge in [0.1, 0.15) is 4.88 Å². The zero-order valence-electron chi connectivity index (χ0n) is 16.0. The zero-order valence-corrected chi connectivity index (χ0v) is 17.7. The lowest BCUT2D eigenvalue weighted by atomic mass is 9.87. The highest BCUT2D eigenvalue weighted by atomic mass is 32.2. The maximum Gasteiger partial charge on any atom is 0.288 e. The maximum absolute atomic E-state index is 12.7. The highest BCUT2D eigenvalue weighted by Gasteiger charge is 2.27. The van der Waals surface area contributed by atoms with Gasteiger partial charge in [-0.3, -0.25) is 14.5 Å². The Morgan fingerprint density at radius 3 is 2.54 bits per heavy atom. The fourth-order valence-electron chi connectivity index (χ4n) is 3.78. The van der Waals surface area contributed by atoms with Crippen LogP contribution in [-0.4, -0.2) is 66.1 Å². The highest BCUT2D eigenvalue weighted by molar-refractivity contribution is 7.99. The Bertz CT molecular complexity index is 670. The Hall–Kier alpha value is -1.19. The van der Waals surface area contributed by atoms with E-state index < -0.39 is 5.76 Å². The van der Waals surface area contributed by atoms with Crippen molar-refractivity contribution in [3.63, 3.8) is 0 Å². The molecule has 1 saturated carbocycles. The molecule has 5 nitrogen and oxygen atoms in total. The number of amides is 2. The van der Waals surface area contributed by atoms with Gasteiger partial charge in [-0.05, 0) is 43.0 Å². The van der Waals surface area contributed by atoms with Crippen LogP contribution in [0.25, 0.3) is 0 Å². The third-order valence-corrected chi connectivity index (χ3v) is 7.25. The molecule has 0 bridgehead atoms. The average molecular weight is 432 g/mol. The second-order valence-electron chi connectivity index (χ2n) is 7.59.